The first-order valence-corrected chi connectivity index (χ1v) is 6.16. The van der Waals surface area contributed by atoms with Crippen molar-refractivity contribution >= 4 is 17.7 Å². The molecule has 2 rings (SSSR count). The van der Waals surface area contributed by atoms with E-state index in [2.05, 4.69) is 24.3 Å². The van der Waals surface area contributed by atoms with Gasteiger partial charge in [-0.1, -0.05) is 55.1 Å². The minimum atomic E-state index is 0.800. The normalized spacial score (nSPS) is 18.5. The summed E-state index contributed by atoms with van der Waals surface area (Å²) in [4.78, 5) is 0. The summed E-state index contributed by atoms with van der Waals surface area (Å²) >= 11 is 5.84. The van der Waals surface area contributed by atoms with Gasteiger partial charge in [0.25, 0.3) is 0 Å². The molecule has 15 heavy (non-hydrogen) atoms. The van der Waals surface area contributed by atoms with Crippen LogP contribution in [0.15, 0.2) is 30.3 Å². The number of hydrogen-bond acceptors (Lipinski definition) is 0. The van der Waals surface area contributed by atoms with E-state index in [4.69, 9.17) is 11.6 Å². The molecule has 0 amide bonds. The van der Waals surface area contributed by atoms with E-state index in [9.17, 15) is 0 Å². The zero-order valence-electron chi connectivity index (χ0n) is 8.95. The molecular weight excluding hydrogens is 204 g/mol. The molecule has 1 heteroatoms. The fourth-order valence-electron chi connectivity index (χ4n) is 2.15. The molecule has 0 aromatic heterocycles. The van der Waals surface area contributed by atoms with Gasteiger partial charge in [-0.15, -0.1) is 0 Å². The van der Waals surface area contributed by atoms with E-state index in [0.29, 0.717) is 0 Å². The van der Waals surface area contributed by atoms with Crippen LogP contribution in [0.2, 0.25) is 5.02 Å². The number of benzene rings is 1. The molecule has 1 saturated carbocycles. The van der Waals surface area contributed by atoms with Crippen LogP contribution < -0.4 is 0 Å². The van der Waals surface area contributed by atoms with Crippen molar-refractivity contribution in [1.29, 1.82) is 0 Å². The lowest BCUT2D eigenvalue weighted by Gasteiger charge is -2.17. The van der Waals surface area contributed by atoms with Crippen molar-refractivity contribution in [2.75, 3.05) is 0 Å². The van der Waals surface area contributed by atoms with Crippen LogP contribution in [0.4, 0.5) is 0 Å². The Morgan fingerprint density at radius 1 is 1.00 bits per heavy atom. The van der Waals surface area contributed by atoms with Crippen LogP contribution in [0.25, 0.3) is 6.08 Å². The molecule has 80 valence electrons. The zero-order valence-corrected chi connectivity index (χ0v) is 9.71. The fourth-order valence-corrected chi connectivity index (χ4v) is 2.27. The molecular formula is C14H17Cl. The highest BCUT2D eigenvalue weighted by Crippen LogP contribution is 2.25. The molecule has 0 atom stereocenters. The molecule has 1 aliphatic rings. The Labute approximate surface area is 97.0 Å². The second kappa shape index (κ2) is 5.37. The largest absolute Gasteiger partial charge is 0.0843 e. The van der Waals surface area contributed by atoms with Crippen molar-refractivity contribution < 1.29 is 0 Å². The Bertz CT molecular complexity index is 318. The van der Waals surface area contributed by atoms with Crippen LogP contribution in [0.1, 0.15) is 37.7 Å². The molecule has 0 bridgehead atoms. The predicted molar refractivity (Wildman–Crippen MR) is 67.1 cm³/mol. The molecule has 1 fully saturated rings. The summed E-state index contributed by atoms with van der Waals surface area (Å²) in [6.45, 7) is 0. The number of allylic oxidation sites excluding steroid dienone is 1. The van der Waals surface area contributed by atoms with Gasteiger partial charge in [-0.3, -0.25) is 0 Å². The second-order valence-corrected chi connectivity index (χ2v) is 4.75. The van der Waals surface area contributed by atoms with E-state index in [0.717, 1.165) is 10.9 Å². The second-order valence-electron chi connectivity index (χ2n) is 4.31. The Morgan fingerprint density at radius 3 is 2.33 bits per heavy atom. The summed E-state index contributed by atoms with van der Waals surface area (Å²) in [5, 5.41) is 0.810. The van der Waals surface area contributed by atoms with Gasteiger partial charge in [0.15, 0.2) is 0 Å². The highest BCUT2D eigenvalue weighted by molar-refractivity contribution is 6.30. The maximum absolute atomic E-state index is 5.84. The van der Waals surface area contributed by atoms with Crippen LogP contribution in [0.5, 0.6) is 0 Å². The Balaban J connectivity index is 1.95. The minimum absolute atomic E-state index is 0.800. The number of hydrogen-bond donors (Lipinski definition) is 0. The first-order chi connectivity index (χ1) is 7.34. The standard InChI is InChI=1S/C14H17Cl/c15-14-10-8-13(9-11-14)7-6-12-4-2-1-3-5-12/h6-12H,1-5H2/b7-6-. The summed E-state index contributed by atoms with van der Waals surface area (Å²) in [6, 6.07) is 8.04. The first-order valence-electron chi connectivity index (χ1n) is 5.78. The van der Waals surface area contributed by atoms with Crippen LogP contribution in [0.3, 0.4) is 0 Å². The minimum Gasteiger partial charge on any atom is -0.0843 e. The van der Waals surface area contributed by atoms with E-state index in [-0.39, 0.29) is 0 Å². The van der Waals surface area contributed by atoms with Crippen molar-refractivity contribution in [3.05, 3.63) is 40.9 Å². The van der Waals surface area contributed by atoms with Crippen molar-refractivity contribution in [2.45, 2.75) is 32.1 Å². The molecule has 1 aromatic rings. The van der Waals surface area contributed by atoms with Gasteiger partial charge in [-0.05, 0) is 36.5 Å². The quantitative estimate of drug-likeness (QED) is 0.663. The first kappa shape index (κ1) is 10.8. The average molecular weight is 221 g/mol. The van der Waals surface area contributed by atoms with Crippen LogP contribution in [0, 0.1) is 5.92 Å². The van der Waals surface area contributed by atoms with Crippen LogP contribution in [-0.4, -0.2) is 0 Å². The molecule has 0 N–H and O–H groups in total. The van der Waals surface area contributed by atoms with Gasteiger partial charge in [-0.2, -0.15) is 0 Å². The summed E-state index contributed by atoms with van der Waals surface area (Å²) in [6.07, 6.45) is 11.5. The highest BCUT2D eigenvalue weighted by atomic mass is 35.5. The predicted octanol–water partition coefficient (Wildman–Crippen LogP) is 4.93. The molecule has 0 heterocycles. The molecule has 0 radical (unpaired) electrons. The summed E-state index contributed by atoms with van der Waals surface area (Å²) < 4.78 is 0. The monoisotopic (exact) mass is 220 g/mol. The third-order valence-electron chi connectivity index (χ3n) is 3.08. The van der Waals surface area contributed by atoms with E-state index in [1.165, 1.54) is 37.7 Å². The Hall–Kier alpha value is -0.750. The van der Waals surface area contributed by atoms with Gasteiger partial charge < -0.3 is 0 Å². The average Bonchev–Trinajstić information content (AvgIpc) is 2.30. The lowest BCUT2D eigenvalue weighted by molar-refractivity contribution is 0.420. The fraction of sp³-hybridized carbons (Fsp3) is 0.429. The van der Waals surface area contributed by atoms with Crippen LogP contribution >= 0.6 is 11.6 Å². The number of rotatable bonds is 2. The lowest BCUT2D eigenvalue weighted by atomic mass is 9.89. The van der Waals surface area contributed by atoms with Gasteiger partial charge in [0.1, 0.15) is 0 Å². The summed E-state index contributed by atoms with van der Waals surface area (Å²) in [7, 11) is 0. The molecule has 0 saturated heterocycles. The SMILES string of the molecule is Clc1ccc(/C=C\C2CCCCC2)cc1. The molecule has 0 unspecified atom stereocenters. The van der Waals surface area contributed by atoms with E-state index in [1.807, 2.05) is 12.1 Å². The molecule has 0 aliphatic heterocycles. The number of halogens is 1. The Kier molecular flexibility index (Phi) is 3.85. The van der Waals surface area contributed by atoms with Gasteiger partial charge in [-0.25, -0.2) is 0 Å². The molecule has 1 aromatic carbocycles. The van der Waals surface area contributed by atoms with Crippen LogP contribution in [-0.2, 0) is 0 Å². The third kappa shape index (κ3) is 3.39. The van der Waals surface area contributed by atoms with Gasteiger partial charge >= 0.3 is 0 Å². The topological polar surface area (TPSA) is 0 Å². The summed E-state index contributed by atoms with van der Waals surface area (Å²) in [5.41, 5.74) is 1.25. The van der Waals surface area contributed by atoms with E-state index >= 15 is 0 Å². The zero-order chi connectivity index (χ0) is 10.5. The van der Waals surface area contributed by atoms with Crippen molar-refractivity contribution in [2.24, 2.45) is 5.92 Å². The Morgan fingerprint density at radius 2 is 1.67 bits per heavy atom. The lowest BCUT2D eigenvalue weighted by Crippen LogP contribution is -2.02. The summed E-state index contributed by atoms with van der Waals surface area (Å²) in [5.74, 6) is 0.800. The van der Waals surface area contributed by atoms with Crippen molar-refractivity contribution in [1.82, 2.24) is 0 Å². The van der Waals surface area contributed by atoms with Gasteiger partial charge in [0.05, 0.1) is 0 Å². The van der Waals surface area contributed by atoms with Crippen molar-refractivity contribution in [3.8, 4) is 0 Å². The third-order valence-corrected chi connectivity index (χ3v) is 3.33. The maximum atomic E-state index is 5.84. The van der Waals surface area contributed by atoms with E-state index in [1.54, 1.807) is 0 Å². The molecule has 1 aliphatic carbocycles. The maximum Gasteiger partial charge on any atom is 0.0406 e. The van der Waals surface area contributed by atoms with Crippen molar-refractivity contribution in [3.63, 3.8) is 0 Å². The molecule has 0 spiro atoms. The molecule has 0 nitrogen and oxygen atoms in total. The highest BCUT2D eigenvalue weighted by Gasteiger charge is 2.09. The smallest absolute Gasteiger partial charge is 0.0406 e. The van der Waals surface area contributed by atoms with Gasteiger partial charge in [0, 0.05) is 5.02 Å². The van der Waals surface area contributed by atoms with E-state index < -0.39 is 0 Å². The van der Waals surface area contributed by atoms with Gasteiger partial charge in [0.2, 0.25) is 0 Å².